The molecule has 0 saturated carbocycles. The summed E-state index contributed by atoms with van der Waals surface area (Å²) in [4.78, 5) is 3.91. The van der Waals surface area contributed by atoms with Gasteiger partial charge in [-0.3, -0.25) is 4.98 Å². The van der Waals surface area contributed by atoms with E-state index in [1.807, 2.05) is 25.1 Å². The Bertz CT molecular complexity index is 514. The van der Waals surface area contributed by atoms with Gasteiger partial charge in [0.1, 0.15) is 5.75 Å². The number of pyridine rings is 1. The summed E-state index contributed by atoms with van der Waals surface area (Å²) in [5, 5.41) is 0. The van der Waals surface area contributed by atoms with Crippen molar-refractivity contribution in [2.24, 2.45) is 0 Å². The Hall–Kier alpha value is -1.55. The van der Waals surface area contributed by atoms with Crippen LogP contribution in [0.25, 0.3) is 0 Å². The van der Waals surface area contributed by atoms with Crippen molar-refractivity contribution in [1.82, 2.24) is 4.98 Å². The molecule has 0 atom stereocenters. The third-order valence-corrected chi connectivity index (χ3v) is 2.67. The van der Waals surface area contributed by atoms with E-state index in [-0.39, 0.29) is 0 Å². The summed E-state index contributed by atoms with van der Waals surface area (Å²) >= 11 is 3.40. The minimum Gasteiger partial charge on any atom is -0.455 e. The molecule has 82 valence electrons. The van der Waals surface area contributed by atoms with Crippen LogP contribution in [0, 0.1) is 6.92 Å². The van der Waals surface area contributed by atoms with Crippen LogP contribution in [0.15, 0.2) is 41.1 Å². The van der Waals surface area contributed by atoms with E-state index in [2.05, 4.69) is 20.9 Å². The number of benzene rings is 1. The second kappa shape index (κ2) is 4.53. The van der Waals surface area contributed by atoms with Crippen molar-refractivity contribution in [2.75, 3.05) is 5.73 Å². The summed E-state index contributed by atoms with van der Waals surface area (Å²) in [6.45, 7) is 1.99. The van der Waals surface area contributed by atoms with Gasteiger partial charge in [0.05, 0.1) is 11.9 Å². The summed E-state index contributed by atoms with van der Waals surface area (Å²) < 4.78 is 6.70. The van der Waals surface area contributed by atoms with Crippen LogP contribution < -0.4 is 10.5 Å². The second-order valence-corrected chi connectivity index (χ2v) is 4.34. The highest BCUT2D eigenvalue weighted by Gasteiger charge is 2.04. The van der Waals surface area contributed by atoms with Crippen molar-refractivity contribution in [3.63, 3.8) is 0 Å². The highest BCUT2D eigenvalue weighted by Crippen LogP contribution is 2.30. The number of anilines is 1. The highest BCUT2D eigenvalue weighted by atomic mass is 79.9. The van der Waals surface area contributed by atoms with E-state index in [1.54, 1.807) is 18.5 Å². The minimum atomic E-state index is 0.530. The molecule has 1 aromatic carbocycles. The molecule has 0 radical (unpaired) electrons. The molecule has 0 aliphatic heterocycles. The molecule has 0 fully saturated rings. The minimum absolute atomic E-state index is 0.530. The number of nitrogens with zero attached hydrogens (tertiary/aromatic N) is 1. The molecule has 16 heavy (non-hydrogen) atoms. The third-order valence-electron chi connectivity index (χ3n) is 2.18. The van der Waals surface area contributed by atoms with Gasteiger partial charge < -0.3 is 10.5 Å². The van der Waals surface area contributed by atoms with Crippen molar-refractivity contribution in [3.05, 3.63) is 46.7 Å². The van der Waals surface area contributed by atoms with Gasteiger partial charge in [-0.15, -0.1) is 0 Å². The van der Waals surface area contributed by atoms with E-state index in [0.717, 1.165) is 15.8 Å². The molecule has 0 bridgehead atoms. The number of hydrogen-bond acceptors (Lipinski definition) is 3. The summed E-state index contributed by atoms with van der Waals surface area (Å²) in [5.74, 6) is 1.41. The Balaban J connectivity index is 2.34. The molecule has 1 aromatic heterocycles. The zero-order valence-electron chi connectivity index (χ0n) is 8.77. The van der Waals surface area contributed by atoms with Gasteiger partial charge in [-0.25, -0.2) is 0 Å². The van der Waals surface area contributed by atoms with Gasteiger partial charge in [0.15, 0.2) is 5.75 Å². The lowest BCUT2D eigenvalue weighted by Crippen LogP contribution is -1.93. The van der Waals surface area contributed by atoms with Crippen LogP contribution in [0.4, 0.5) is 5.69 Å². The summed E-state index contributed by atoms with van der Waals surface area (Å²) in [7, 11) is 0. The number of nitrogen functional groups attached to an aromatic ring is 1. The summed E-state index contributed by atoms with van der Waals surface area (Å²) in [5.41, 5.74) is 7.34. The van der Waals surface area contributed by atoms with Crippen LogP contribution in [0.1, 0.15) is 5.56 Å². The Morgan fingerprint density at radius 2 is 2.06 bits per heavy atom. The molecule has 2 N–H and O–H groups in total. The van der Waals surface area contributed by atoms with E-state index in [9.17, 15) is 0 Å². The van der Waals surface area contributed by atoms with Gasteiger partial charge >= 0.3 is 0 Å². The van der Waals surface area contributed by atoms with E-state index in [0.29, 0.717) is 11.4 Å². The predicted octanol–water partition coefficient (Wildman–Crippen LogP) is 3.53. The van der Waals surface area contributed by atoms with Crippen LogP contribution in [-0.4, -0.2) is 4.98 Å². The van der Waals surface area contributed by atoms with Gasteiger partial charge in [-0.1, -0.05) is 22.0 Å². The number of nitrogens with two attached hydrogens (primary N) is 1. The molecule has 0 spiro atoms. The maximum absolute atomic E-state index is 5.76. The lowest BCUT2D eigenvalue weighted by Gasteiger charge is -2.10. The highest BCUT2D eigenvalue weighted by molar-refractivity contribution is 9.10. The molecule has 2 rings (SSSR count). The SMILES string of the molecule is Cc1ccc(Br)cc1Oc1ccncc1N. The molecule has 4 heteroatoms. The topological polar surface area (TPSA) is 48.1 Å². The predicted molar refractivity (Wildman–Crippen MR) is 67.6 cm³/mol. The van der Waals surface area contributed by atoms with Crippen molar-refractivity contribution >= 4 is 21.6 Å². The van der Waals surface area contributed by atoms with Crippen molar-refractivity contribution < 1.29 is 4.74 Å². The van der Waals surface area contributed by atoms with Crippen molar-refractivity contribution in [1.29, 1.82) is 0 Å². The summed E-state index contributed by atoms with van der Waals surface area (Å²) in [6, 6.07) is 7.61. The van der Waals surface area contributed by atoms with Crippen LogP contribution in [0.5, 0.6) is 11.5 Å². The molecule has 0 amide bonds. The molecule has 3 nitrogen and oxygen atoms in total. The van der Waals surface area contributed by atoms with E-state index < -0.39 is 0 Å². The first-order valence-corrected chi connectivity index (χ1v) is 5.59. The fraction of sp³-hybridized carbons (Fsp3) is 0.0833. The summed E-state index contributed by atoms with van der Waals surface area (Å²) in [6.07, 6.45) is 3.22. The second-order valence-electron chi connectivity index (χ2n) is 3.43. The van der Waals surface area contributed by atoms with Crippen molar-refractivity contribution in [3.8, 4) is 11.5 Å². The Morgan fingerprint density at radius 1 is 1.25 bits per heavy atom. The molecule has 0 unspecified atom stereocenters. The molecule has 1 heterocycles. The third kappa shape index (κ3) is 2.33. The maximum atomic E-state index is 5.76. The zero-order valence-corrected chi connectivity index (χ0v) is 10.4. The van der Waals surface area contributed by atoms with E-state index in [1.165, 1.54) is 0 Å². The van der Waals surface area contributed by atoms with Gasteiger partial charge in [-0.2, -0.15) is 0 Å². The van der Waals surface area contributed by atoms with Crippen LogP contribution in [0.3, 0.4) is 0 Å². The molecule has 0 aliphatic carbocycles. The smallest absolute Gasteiger partial charge is 0.153 e. The molecular weight excluding hydrogens is 268 g/mol. The van der Waals surface area contributed by atoms with Crippen LogP contribution in [-0.2, 0) is 0 Å². The van der Waals surface area contributed by atoms with Gasteiger partial charge in [-0.05, 0) is 24.6 Å². The molecule has 2 aromatic rings. The standard InChI is InChI=1S/C12H11BrN2O/c1-8-2-3-9(13)6-12(8)16-11-4-5-15-7-10(11)14/h2-7H,14H2,1H3. The Kier molecular flexibility index (Phi) is 3.10. The van der Waals surface area contributed by atoms with Gasteiger partial charge in [0, 0.05) is 16.7 Å². The van der Waals surface area contributed by atoms with Crippen molar-refractivity contribution in [2.45, 2.75) is 6.92 Å². The molecular formula is C12H11BrN2O. The quantitative estimate of drug-likeness (QED) is 0.914. The fourth-order valence-electron chi connectivity index (χ4n) is 1.29. The number of aryl methyl sites for hydroxylation is 1. The Morgan fingerprint density at radius 3 is 2.81 bits per heavy atom. The number of ether oxygens (including phenoxy) is 1. The maximum Gasteiger partial charge on any atom is 0.153 e. The first-order chi connectivity index (χ1) is 7.66. The van der Waals surface area contributed by atoms with Crippen LogP contribution >= 0.6 is 15.9 Å². The monoisotopic (exact) mass is 278 g/mol. The van der Waals surface area contributed by atoms with Crippen LogP contribution in [0.2, 0.25) is 0 Å². The lowest BCUT2D eigenvalue weighted by molar-refractivity contribution is 0.480. The zero-order chi connectivity index (χ0) is 11.5. The largest absolute Gasteiger partial charge is 0.455 e. The Labute approximate surface area is 102 Å². The first-order valence-electron chi connectivity index (χ1n) is 4.80. The normalized spacial score (nSPS) is 10.1. The van der Waals surface area contributed by atoms with Gasteiger partial charge in [0.2, 0.25) is 0 Å². The number of hydrogen-bond donors (Lipinski definition) is 1. The first kappa shape index (κ1) is 11.0. The molecule has 0 aliphatic rings. The van der Waals surface area contributed by atoms with E-state index >= 15 is 0 Å². The fourth-order valence-corrected chi connectivity index (χ4v) is 1.63. The number of rotatable bonds is 2. The lowest BCUT2D eigenvalue weighted by atomic mass is 10.2. The molecule has 0 saturated heterocycles. The number of halogens is 1. The number of aromatic nitrogens is 1. The van der Waals surface area contributed by atoms with Gasteiger partial charge in [0.25, 0.3) is 0 Å². The average molecular weight is 279 g/mol. The average Bonchev–Trinajstić information content (AvgIpc) is 2.27. The van der Waals surface area contributed by atoms with E-state index in [4.69, 9.17) is 10.5 Å².